The van der Waals surface area contributed by atoms with E-state index in [0.717, 1.165) is 35.3 Å². The van der Waals surface area contributed by atoms with Crippen LogP contribution < -0.4 is 10.2 Å². The third kappa shape index (κ3) is 3.94. The number of amides is 2. The van der Waals surface area contributed by atoms with Crippen LogP contribution in [0.5, 0.6) is 0 Å². The lowest BCUT2D eigenvalue weighted by Crippen LogP contribution is -2.50. The van der Waals surface area contributed by atoms with Crippen molar-refractivity contribution in [3.05, 3.63) is 60.3 Å². The van der Waals surface area contributed by atoms with Crippen molar-refractivity contribution in [2.75, 3.05) is 36.4 Å². The smallest absolute Gasteiger partial charge is 0.368 e. The van der Waals surface area contributed by atoms with E-state index in [1.807, 2.05) is 42.3 Å². The Morgan fingerprint density at radius 3 is 2.47 bits per heavy atom. The fourth-order valence-electron chi connectivity index (χ4n) is 3.85. The molecule has 0 unspecified atom stereocenters. The minimum atomic E-state index is -4.37. The van der Waals surface area contributed by atoms with Crippen LogP contribution in [0.1, 0.15) is 12.5 Å². The number of anilines is 2. The zero-order valence-electron chi connectivity index (χ0n) is 16.6. The first kappa shape index (κ1) is 20.1. The molecule has 0 spiro atoms. The first-order valence-corrected chi connectivity index (χ1v) is 9.93. The molecule has 158 valence electrons. The number of urea groups is 1. The van der Waals surface area contributed by atoms with E-state index < -0.39 is 11.7 Å². The van der Waals surface area contributed by atoms with Crippen LogP contribution in [0.15, 0.2) is 54.7 Å². The molecule has 1 N–H and O–H groups in total. The number of aryl methyl sites for hydroxylation is 1. The van der Waals surface area contributed by atoms with E-state index >= 15 is 0 Å². The third-order valence-electron chi connectivity index (χ3n) is 5.48. The Morgan fingerprint density at radius 2 is 1.77 bits per heavy atom. The summed E-state index contributed by atoms with van der Waals surface area (Å²) in [5.41, 5.74) is 1.69. The Hall–Kier alpha value is -3.16. The number of para-hydroxylation sites is 1. The molecule has 1 aliphatic rings. The number of alkyl halides is 3. The van der Waals surface area contributed by atoms with Crippen molar-refractivity contribution < 1.29 is 18.0 Å². The molecule has 2 aromatic carbocycles. The first-order chi connectivity index (χ1) is 14.4. The molecule has 1 saturated heterocycles. The van der Waals surface area contributed by atoms with Gasteiger partial charge in [0.1, 0.15) is 0 Å². The maximum atomic E-state index is 13.0. The second-order valence-electron chi connectivity index (χ2n) is 7.30. The monoisotopic (exact) mass is 416 g/mol. The molecule has 0 bridgehead atoms. The van der Waals surface area contributed by atoms with E-state index in [9.17, 15) is 18.0 Å². The molecule has 4 rings (SSSR count). The third-order valence-corrected chi connectivity index (χ3v) is 5.48. The number of aromatic nitrogens is 1. The predicted octanol–water partition coefficient (Wildman–Crippen LogP) is 5.03. The maximum absolute atomic E-state index is 13.0. The van der Waals surface area contributed by atoms with Crippen LogP contribution in [0.4, 0.5) is 29.3 Å². The molecule has 0 radical (unpaired) electrons. The van der Waals surface area contributed by atoms with Crippen molar-refractivity contribution in [1.82, 2.24) is 9.47 Å². The molecule has 3 aromatic rings. The number of benzene rings is 2. The molecule has 1 aliphatic heterocycles. The Labute approximate surface area is 172 Å². The Kier molecular flexibility index (Phi) is 5.32. The summed E-state index contributed by atoms with van der Waals surface area (Å²) in [7, 11) is 0. The highest BCUT2D eigenvalue weighted by molar-refractivity contribution is 6.01. The Balaban J connectivity index is 1.42. The van der Waals surface area contributed by atoms with Gasteiger partial charge in [-0.15, -0.1) is 0 Å². The highest BCUT2D eigenvalue weighted by Crippen LogP contribution is 2.32. The fourth-order valence-corrected chi connectivity index (χ4v) is 3.85. The summed E-state index contributed by atoms with van der Waals surface area (Å²) in [5, 5.41) is 3.97. The van der Waals surface area contributed by atoms with E-state index in [1.165, 1.54) is 6.07 Å². The number of carbonyl (C=O) groups is 1. The number of rotatable bonds is 3. The number of hydrogen-bond donors (Lipinski definition) is 1. The van der Waals surface area contributed by atoms with Crippen molar-refractivity contribution in [1.29, 1.82) is 0 Å². The van der Waals surface area contributed by atoms with Crippen LogP contribution >= 0.6 is 0 Å². The average molecular weight is 416 g/mol. The number of carbonyl (C=O) groups excluding carboxylic acids is 1. The first-order valence-electron chi connectivity index (χ1n) is 9.93. The second-order valence-corrected chi connectivity index (χ2v) is 7.30. The van der Waals surface area contributed by atoms with Gasteiger partial charge in [-0.05, 0) is 31.2 Å². The van der Waals surface area contributed by atoms with Crippen LogP contribution in [-0.4, -0.2) is 41.7 Å². The van der Waals surface area contributed by atoms with Crippen molar-refractivity contribution >= 4 is 28.3 Å². The van der Waals surface area contributed by atoms with Gasteiger partial charge >= 0.3 is 12.2 Å². The van der Waals surface area contributed by atoms with Gasteiger partial charge in [0.15, 0.2) is 0 Å². The summed E-state index contributed by atoms with van der Waals surface area (Å²) in [5.74, 6) is 0. The maximum Gasteiger partial charge on any atom is 0.416 e. The molecule has 5 nitrogen and oxygen atoms in total. The number of piperazine rings is 1. The molecule has 1 fully saturated rings. The molecule has 0 atom stereocenters. The summed E-state index contributed by atoms with van der Waals surface area (Å²) in [6, 6.07) is 13.0. The highest BCUT2D eigenvalue weighted by Gasteiger charge is 2.31. The predicted molar refractivity (Wildman–Crippen MR) is 112 cm³/mol. The van der Waals surface area contributed by atoms with Crippen LogP contribution in [-0.2, 0) is 12.7 Å². The number of nitrogens with zero attached hydrogens (tertiary/aromatic N) is 3. The van der Waals surface area contributed by atoms with Gasteiger partial charge in [0.05, 0.1) is 16.8 Å². The minimum absolute atomic E-state index is 0.197. The molecular weight excluding hydrogens is 393 g/mol. The lowest BCUT2D eigenvalue weighted by molar-refractivity contribution is -0.137. The summed E-state index contributed by atoms with van der Waals surface area (Å²) in [6.07, 6.45) is -2.43. The van der Waals surface area contributed by atoms with E-state index in [0.29, 0.717) is 31.9 Å². The van der Waals surface area contributed by atoms with E-state index in [1.54, 1.807) is 11.0 Å². The minimum Gasteiger partial charge on any atom is -0.368 e. The standard InChI is InChI=1S/C22H23F3N4O/c1-2-27-15-19(18-8-3-4-9-20(18)27)26-21(30)29-12-10-28(11-13-29)17-7-5-6-16(14-17)22(23,24)25/h3-9,14-15H,2,10-13H2,1H3,(H,26,30). The molecule has 2 heterocycles. The highest BCUT2D eigenvalue weighted by atomic mass is 19.4. The SMILES string of the molecule is CCn1cc(NC(=O)N2CCN(c3cccc(C(F)(F)F)c3)CC2)c2ccccc21. The van der Waals surface area contributed by atoms with Gasteiger partial charge in [-0.2, -0.15) is 13.2 Å². The van der Waals surface area contributed by atoms with Crippen LogP contribution in [0.2, 0.25) is 0 Å². The van der Waals surface area contributed by atoms with Crippen LogP contribution in [0, 0.1) is 0 Å². The van der Waals surface area contributed by atoms with Crippen LogP contribution in [0.3, 0.4) is 0 Å². The van der Waals surface area contributed by atoms with E-state index in [4.69, 9.17) is 0 Å². The van der Waals surface area contributed by atoms with Gasteiger partial charge in [0.25, 0.3) is 0 Å². The quantitative estimate of drug-likeness (QED) is 0.650. The van der Waals surface area contributed by atoms with Gasteiger partial charge in [-0.3, -0.25) is 0 Å². The number of halogens is 3. The van der Waals surface area contributed by atoms with Gasteiger partial charge in [-0.25, -0.2) is 4.79 Å². The van der Waals surface area contributed by atoms with Gasteiger partial charge < -0.3 is 19.7 Å². The van der Waals surface area contributed by atoms with Gasteiger partial charge in [0.2, 0.25) is 0 Å². The van der Waals surface area contributed by atoms with Crippen molar-refractivity contribution in [2.45, 2.75) is 19.6 Å². The van der Waals surface area contributed by atoms with Crippen molar-refractivity contribution in [2.24, 2.45) is 0 Å². The summed E-state index contributed by atoms with van der Waals surface area (Å²) in [4.78, 5) is 16.3. The molecule has 30 heavy (non-hydrogen) atoms. The fraction of sp³-hybridized carbons (Fsp3) is 0.318. The Morgan fingerprint density at radius 1 is 1.03 bits per heavy atom. The normalized spacial score (nSPS) is 14.9. The molecule has 8 heteroatoms. The summed E-state index contributed by atoms with van der Waals surface area (Å²) >= 11 is 0. The molecule has 1 aromatic heterocycles. The number of fused-ring (bicyclic) bond motifs is 1. The lowest BCUT2D eigenvalue weighted by atomic mass is 10.1. The second kappa shape index (κ2) is 7.93. The number of hydrogen-bond acceptors (Lipinski definition) is 2. The lowest BCUT2D eigenvalue weighted by Gasteiger charge is -2.36. The molecular formula is C22H23F3N4O. The molecule has 2 amide bonds. The Bertz CT molecular complexity index is 1050. The van der Waals surface area contributed by atoms with Crippen molar-refractivity contribution in [3.8, 4) is 0 Å². The van der Waals surface area contributed by atoms with Crippen molar-refractivity contribution in [3.63, 3.8) is 0 Å². The van der Waals surface area contributed by atoms with E-state index in [-0.39, 0.29) is 6.03 Å². The van der Waals surface area contributed by atoms with E-state index in [2.05, 4.69) is 9.88 Å². The zero-order valence-corrected chi connectivity index (χ0v) is 16.6. The summed E-state index contributed by atoms with van der Waals surface area (Å²) < 4.78 is 41.0. The van der Waals surface area contributed by atoms with Gasteiger partial charge in [-0.1, -0.05) is 24.3 Å². The van der Waals surface area contributed by atoms with Crippen LogP contribution in [0.25, 0.3) is 10.9 Å². The summed E-state index contributed by atoms with van der Waals surface area (Å²) in [6.45, 7) is 4.68. The van der Waals surface area contributed by atoms with Gasteiger partial charge in [0, 0.05) is 50.0 Å². The topological polar surface area (TPSA) is 40.5 Å². The average Bonchev–Trinajstić information content (AvgIpc) is 3.11. The number of nitrogens with one attached hydrogen (secondary N) is 1. The molecule has 0 aliphatic carbocycles. The molecule has 0 saturated carbocycles. The largest absolute Gasteiger partial charge is 0.416 e. The zero-order chi connectivity index (χ0) is 21.3.